The summed E-state index contributed by atoms with van der Waals surface area (Å²) in [5.41, 5.74) is 2.42. The Balaban J connectivity index is 1.59. The van der Waals surface area contributed by atoms with E-state index in [4.69, 9.17) is 4.74 Å². The average molecular weight is 316 g/mol. The van der Waals surface area contributed by atoms with Crippen molar-refractivity contribution in [3.8, 4) is 0 Å². The van der Waals surface area contributed by atoms with Crippen molar-refractivity contribution in [2.75, 3.05) is 32.1 Å². The zero-order valence-corrected chi connectivity index (χ0v) is 14.3. The number of ether oxygens (including phenoxy) is 1. The molecule has 1 aromatic carbocycles. The van der Waals surface area contributed by atoms with Crippen LogP contribution in [-0.2, 0) is 16.0 Å². The number of fused-ring (bicyclic) bond motifs is 1. The topological polar surface area (TPSA) is 32.8 Å². The summed E-state index contributed by atoms with van der Waals surface area (Å²) >= 11 is 0. The molecule has 0 N–H and O–H groups in total. The molecule has 3 rings (SSSR count). The molecule has 23 heavy (non-hydrogen) atoms. The van der Waals surface area contributed by atoms with Crippen molar-refractivity contribution in [3.63, 3.8) is 0 Å². The second kappa shape index (κ2) is 7.35. The smallest absolute Gasteiger partial charge is 0.223 e. The highest BCUT2D eigenvalue weighted by atomic mass is 16.5. The van der Waals surface area contributed by atoms with Crippen LogP contribution in [-0.4, -0.2) is 50.2 Å². The minimum Gasteiger partial charge on any atom is -0.378 e. The van der Waals surface area contributed by atoms with Crippen molar-refractivity contribution in [1.82, 2.24) is 4.90 Å². The molecular weight excluding hydrogens is 288 g/mol. The number of carbonyl (C=O) groups excluding carboxylic acids is 1. The molecule has 1 aromatic rings. The van der Waals surface area contributed by atoms with Gasteiger partial charge in [-0.2, -0.15) is 0 Å². The van der Waals surface area contributed by atoms with Gasteiger partial charge in [-0.05, 0) is 37.0 Å². The zero-order chi connectivity index (χ0) is 16.2. The van der Waals surface area contributed by atoms with Crippen LogP contribution in [0.15, 0.2) is 24.3 Å². The second-order valence-electron chi connectivity index (χ2n) is 6.91. The molecule has 0 bridgehead atoms. The summed E-state index contributed by atoms with van der Waals surface area (Å²) in [4.78, 5) is 16.9. The SMILES string of the molecule is CN(C)c1cccc(CCC(=O)N2CCO[C@H]3CCCC[C@@H]32)c1. The normalized spacial score (nSPS) is 24.2. The molecule has 1 heterocycles. The predicted molar refractivity (Wildman–Crippen MR) is 92.8 cm³/mol. The lowest BCUT2D eigenvalue weighted by molar-refractivity contribution is -0.149. The largest absolute Gasteiger partial charge is 0.378 e. The molecule has 1 saturated carbocycles. The molecule has 2 fully saturated rings. The fourth-order valence-corrected chi connectivity index (χ4v) is 3.79. The van der Waals surface area contributed by atoms with E-state index in [9.17, 15) is 4.79 Å². The summed E-state index contributed by atoms with van der Waals surface area (Å²) in [5, 5.41) is 0. The molecule has 1 aliphatic heterocycles. The Hall–Kier alpha value is -1.55. The van der Waals surface area contributed by atoms with Crippen LogP contribution in [0.2, 0.25) is 0 Å². The van der Waals surface area contributed by atoms with Gasteiger partial charge in [-0.1, -0.05) is 25.0 Å². The number of morpholine rings is 1. The molecule has 4 heteroatoms. The van der Waals surface area contributed by atoms with E-state index in [-0.39, 0.29) is 6.10 Å². The van der Waals surface area contributed by atoms with Gasteiger partial charge < -0.3 is 14.5 Å². The highest BCUT2D eigenvalue weighted by molar-refractivity contribution is 5.77. The fourth-order valence-electron chi connectivity index (χ4n) is 3.79. The lowest BCUT2D eigenvalue weighted by atomic mass is 9.90. The number of amides is 1. The van der Waals surface area contributed by atoms with Gasteiger partial charge in [0.25, 0.3) is 0 Å². The standard InChI is InChI=1S/C19H28N2O2/c1-20(2)16-7-5-6-15(14-16)10-11-19(22)21-12-13-23-18-9-4-3-8-17(18)21/h5-7,14,17-18H,3-4,8-13H2,1-2H3/t17-,18-/m0/s1. The van der Waals surface area contributed by atoms with E-state index in [1.165, 1.54) is 24.1 Å². The summed E-state index contributed by atoms with van der Waals surface area (Å²) in [6.07, 6.45) is 6.36. The van der Waals surface area contributed by atoms with Gasteiger partial charge in [-0.3, -0.25) is 4.79 Å². The van der Waals surface area contributed by atoms with Gasteiger partial charge in [0.1, 0.15) is 0 Å². The maximum atomic E-state index is 12.7. The van der Waals surface area contributed by atoms with E-state index in [0.717, 1.165) is 25.8 Å². The number of benzene rings is 1. The Morgan fingerprint density at radius 1 is 1.30 bits per heavy atom. The Kier molecular flexibility index (Phi) is 5.21. The minimum atomic E-state index is 0.276. The fraction of sp³-hybridized carbons (Fsp3) is 0.632. The maximum Gasteiger partial charge on any atom is 0.223 e. The number of rotatable bonds is 4. The lowest BCUT2D eigenvalue weighted by Crippen LogP contribution is -2.54. The summed E-state index contributed by atoms with van der Waals surface area (Å²) < 4.78 is 5.87. The summed E-state index contributed by atoms with van der Waals surface area (Å²) in [5.74, 6) is 0.292. The predicted octanol–water partition coefficient (Wildman–Crippen LogP) is 2.86. The molecule has 1 aliphatic carbocycles. The molecule has 0 spiro atoms. The van der Waals surface area contributed by atoms with E-state index < -0.39 is 0 Å². The molecule has 126 valence electrons. The highest BCUT2D eigenvalue weighted by Crippen LogP contribution is 2.29. The number of nitrogens with zero attached hydrogens (tertiary/aromatic N) is 2. The van der Waals surface area contributed by atoms with Crippen LogP contribution in [0, 0.1) is 0 Å². The summed E-state index contributed by atoms with van der Waals surface area (Å²) in [6.45, 7) is 1.46. The van der Waals surface area contributed by atoms with E-state index >= 15 is 0 Å². The van der Waals surface area contributed by atoms with Gasteiger partial charge in [0.05, 0.1) is 18.8 Å². The monoisotopic (exact) mass is 316 g/mol. The summed E-state index contributed by atoms with van der Waals surface area (Å²) in [6, 6.07) is 8.78. The number of carbonyl (C=O) groups is 1. The molecular formula is C19H28N2O2. The first-order chi connectivity index (χ1) is 11.1. The number of hydrogen-bond acceptors (Lipinski definition) is 3. The Bertz CT molecular complexity index is 542. The van der Waals surface area contributed by atoms with E-state index in [2.05, 4.69) is 34.1 Å². The molecule has 0 unspecified atom stereocenters. The van der Waals surface area contributed by atoms with Gasteiger partial charge >= 0.3 is 0 Å². The molecule has 1 saturated heterocycles. The number of hydrogen-bond donors (Lipinski definition) is 0. The Morgan fingerprint density at radius 2 is 2.13 bits per heavy atom. The zero-order valence-electron chi connectivity index (χ0n) is 14.3. The van der Waals surface area contributed by atoms with Crippen LogP contribution < -0.4 is 4.90 Å². The van der Waals surface area contributed by atoms with Crippen molar-refractivity contribution in [3.05, 3.63) is 29.8 Å². The van der Waals surface area contributed by atoms with Gasteiger partial charge in [-0.25, -0.2) is 0 Å². The van der Waals surface area contributed by atoms with Crippen molar-refractivity contribution in [2.45, 2.75) is 50.7 Å². The third-order valence-electron chi connectivity index (χ3n) is 5.11. The summed E-state index contributed by atoms with van der Waals surface area (Å²) in [7, 11) is 4.09. The van der Waals surface area contributed by atoms with E-state index in [0.29, 0.717) is 25.0 Å². The van der Waals surface area contributed by atoms with Crippen LogP contribution in [0.3, 0.4) is 0 Å². The van der Waals surface area contributed by atoms with Crippen LogP contribution in [0.1, 0.15) is 37.7 Å². The van der Waals surface area contributed by atoms with Crippen molar-refractivity contribution >= 4 is 11.6 Å². The first kappa shape index (κ1) is 16.3. The van der Waals surface area contributed by atoms with Gasteiger partial charge in [0, 0.05) is 32.7 Å². The maximum absolute atomic E-state index is 12.7. The third kappa shape index (κ3) is 3.86. The quantitative estimate of drug-likeness (QED) is 0.856. The van der Waals surface area contributed by atoms with Crippen LogP contribution in [0.25, 0.3) is 0 Å². The Morgan fingerprint density at radius 3 is 2.96 bits per heavy atom. The van der Waals surface area contributed by atoms with Gasteiger partial charge in [-0.15, -0.1) is 0 Å². The van der Waals surface area contributed by atoms with Gasteiger partial charge in [0.2, 0.25) is 5.91 Å². The van der Waals surface area contributed by atoms with Crippen LogP contribution in [0.4, 0.5) is 5.69 Å². The van der Waals surface area contributed by atoms with Crippen molar-refractivity contribution < 1.29 is 9.53 Å². The minimum absolute atomic E-state index is 0.276. The highest BCUT2D eigenvalue weighted by Gasteiger charge is 2.36. The van der Waals surface area contributed by atoms with Crippen LogP contribution >= 0.6 is 0 Å². The average Bonchev–Trinajstić information content (AvgIpc) is 2.59. The number of anilines is 1. The first-order valence-electron chi connectivity index (χ1n) is 8.82. The first-order valence-corrected chi connectivity index (χ1v) is 8.82. The van der Waals surface area contributed by atoms with E-state index in [1.54, 1.807) is 0 Å². The second-order valence-corrected chi connectivity index (χ2v) is 6.91. The molecule has 0 aromatic heterocycles. The van der Waals surface area contributed by atoms with Gasteiger partial charge in [0.15, 0.2) is 0 Å². The third-order valence-corrected chi connectivity index (χ3v) is 5.11. The van der Waals surface area contributed by atoms with Crippen molar-refractivity contribution in [2.24, 2.45) is 0 Å². The lowest BCUT2D eigenvalue weighted by Gasteiger charge is -2.43. The molecule has 4 nitrogen and oxygen atoms in total. The molecule has 1 amide bonds. The molecule has 2 atom stereocenters. The Labute approximate surface area is 139 Å². The molecule has 0 radical (unpaired) electrons. The van der Waals surface area contributed by atoms with E-state index in [1.807, 2.05) is 14.1 Å². The van der Waals surface area contributed by atoms with Crippen LogP contribution in [0.5, 0.6) is 0 Å². The molecule has 2 aliphatic rings. The van der Waals surface area contributed by atoms with Crippen molar-refractivity contribution in [1.29, 1.82) is 0 Å². The number of aryl methyl sites for hydroxylation is 1.